The minimum absolute atomic E-state index is 0.0666. The summed E-state index contributed by atoms with van der Waals surface area (Å²) in [4.78, 5) is 44.3. The van der Waals surface area contributed by atoms with Crippen LogP contribution in [0.2, 0.25) is 0 Å². The van der Waals surface area contributed by atoms with Gasteiger partial charge in [0, 0.05) is 73.0 Å². The third-order valence-electron chi connectivity index (χ3n) is 10.0. The topological polar surface area (TPSA) is 228 Å². The fourth-order valence-corrected chi connectivity index (χ4v) is 9.24. The summed E-state index contributed by atoms with van der Waals surface area (Å²) in [6.45, 7) is 12.4. The fourth-order valence-electron chi connectivity index (χ4n) is 6.48. The number of benzene rings is 2. The Labute approximate surface area is 391 Å². The van der Waals surface area contributed by atoms with Crippen LogP contribution in [0.3, 0.4) is 0 Å². The van der Waals surface area contributed by atoms with E-state index >= 15 is 0 Å². The molecule has 0 saturated carbocycles. The second-order valence-electron chi connectivity index (χ2n) is 15.7. The van der Waals surface area contributed by atoms with Gasteiger partial charge in [-0.25, -0.2) is 24.7 Å². The molecule has 4 heterocycles. The molecule has 20 heteroatoms. The predicted octanol–water partition coefficient (Wildman–Crippen LogP) is 8.32. The lowest BCUT2D eigenvalue weighted by Crippen LogP contribution is -2.40. The van der Waals surface area contributed by atoms with Gasteiger partial charge in [-0.15, -0.1) is 0 Å². The van der Waals surface area contributed by atoms with Crippen LogP contribution in [0.25, 0.3) is 0 Å². The number of nitrogens with one attached hydrogen (secondary N) is 2. The second-order valence-corrected chi connectivity index (χ2v) is 20.7. The molecule has 0 aliphatic carbocycles. The zero-order valence-corrected chi connectivity index (χ0v) is 41.1. The molecule has 0 spiro atoms. The molecule has 6 bridgehead atoms. The van der Waals surface area contributed by atoms with Gasteiger partial charge in [-0.2, -0.15) is 16.8 Å². The molecule has 3 aromatic heterocycles. The normalized spacial score (nSPS) is 15.1. The fraction of sp³-hybridized carbons (Fsp3) is 0.467. The first-order valence-corrected chi connectivity index (χ1v) is 26.6. The number of hydrogen-bond donors (Lipinski definition) is 4. The average molecular weight is 971 g/mol. The van der Waals surface area contributed by atoms with E-state index in [0.29, 0.717) is 13.1 Å². The summed E-state index contributed by atoms with van der Waals surface area (Å²) in [5, 5.41) is 8.53. The van der Waals surface area contributed by atoms with Crippen molar-refractivity contribution in [3.05, 3.63) is 116 Å². The minimum atomic E-state index is -4.02. The third-order valence-corrected chi connectivity index (χ3v) is 13.6. The van der Waals surface area contributed by atoms with E-state index in [4.69, 9.17) is 19.1 Å². The Morgan fingerprint density at radius 1 is 0.523 bits per heavy atom. The zero-order chi connectivity index (χ0) is 47.4. The largest absolute Gasteiger partial charge is 0.370 e. The van der Waals surface area contributed by atoms with Gasteiger partial charge in [-0.1, -0.05) is 84.6 Å². The van der Waals surface area contributed by atoms with E-state index in [-0.39, 0.29) is 21.0 Å². The van der Waals surface area contributed by atoms with Crippen molar-refractivity contribution in [1.82, 2.24) is 29.1 Å². The van der Waals surface area contributed by atoms with Gasteiger partial charge >= 0.3 is 5.69 Å². The Morgan fingerprint density at radius 3 is 1.34 bits per heavy atom. The lowest BCUT2D eigenvalue weighted by atomic mass is 10.2. The number of hydrogen-bond acceptors (Lipinski definition) is 14. The smallest absolute Gasteiger partial charge is 0.331 e. The monoisotopic (exact) mass is 970 g/mol. The van der Waals surface area contributed by atoms with Crippen LogP contribution in [0, 0.1) is 34.6 Å². The number of nitrogens with zero attached hydrogens (tertiary/aromatic N) is 6. The molecule has 0 fully saturated rings. The van der Waals surface area contributed by atoms with Gasteiger partial charge in [0.25, 0.3) is 25.8 Å². The van der Waals surface area contributed by atoms with Crippen molar-refractivity contribution in [3.63, 3.8) is 0 Å². The van der Waals surface area contributed by atoms with Crippen LogP contribution in [-0.4, -0.2) is 79.6 Å². The summed E-state index contributed by atoms with van der Waals surface area (Å²) in [6, 6.07) is 17.6. The lowest BCUT2D eigenvalue weighted by Gasteiger charge is -2.13. The predicted molar refractivity (Wildman–Crippen MR) is 260 cm³/mol. The van der Waals surface area contributed by atoms with Crippen molar-refractivity contribution in [3.8, 4) is 0 Å². The lowest BCUT2D eigenvalue weighted by molar-refractivity contribution is 0.481. The van der Waals surface area contributed by atoms with Crippen molar-refractivity contribution in [2.45, 2.75) is 132 Å². The molecule has 0 atom stereocenters. The SMILES string of the molecule is Cc1cc2nc(n1)SCCCCCn1c(C)cc(=O)n(c1=O)CCCCCSc1nc(C)cc(n1)NCCCCCCN2.Cc1ccc(S(=O)(=O)O)cc1.Cc1ccc(S(=O)(=O)O)cc1. The molecule has 0 amide bonds. The van der Waals surface area contributed by atoms with Gasteiger partial charge in [-0.05, 0) is 97.4 Å². The molecule has 0 radical (unpaired) electrons. The third kappa shape index (κ3) is 19.4. The van der Waals surface area contributed by atoms with Crippen molar-refractivity contribution in [1.29, 1.82) is 0 Å². The van der Waals surface area contributed by atoms with Crippen LogP contribution in [-0.2, 0) is 33.3 Å². The van der Waals surface area contributed by atoms with E-state index in [1.54, 1.807) is 58.4 Å². The van der Waals surface area contributed by atoms with Gasteiger partial charge in [0.1, 0.15) is 11.6 Å². The van der Waals surface area contributed by atoms with Crippen molar-refractivity contribution in [2.24, 2.45) is 0 Å². The first-order valence-electron chi connectivity index (χ1n) is 21.7. The molecular formula is C45H62N8O8S4. The molecule has 1 aliphatic rings. The quantitative estimate of drug-likeness (QED) is 0.0963. The number of aromatic nitrogens is 6. The number of fused-ring (bicyclic) bond motifs is 6. The molecular weight excluding hydrogens is 909 g/mol. The number of aryl methyl sites for hydroxylation is 5. The summed E-state index contributed by atoms with van der Waals surface area (Å²) in [6.07, 6.45) is 10.1. The van der Waals surface area contributed by atoms with E-state index in [9.17, 15) is 26.4 Å². The Bertz CT molecular complexity index is 2550. The van der Waals surface area contributed by atoms with Crippen molar-refractivity contribution >= 4 is 55.4 Å². The van der Waals surface area contributed by atoms with Crippen molar-refractivity contribution in [2.75, 3.05) is 35.2 Å². The van der Waals surface area contributed by atoms with Gasteiger partial charge in [0.05, 0.1) is 9.79 Å². The van der Waals surface area contributed by atoms with E-state index in [0.717, 1.165) is 139 Å². The van der Waals surface area contributed by atoms with Gasteiger partial charge in [-0.3, -0.25) is 23.0 Å². The molecule has 354 valence electrons. The number of anilines is 2. The molecule has 0 unspecified atom stereocenters. The maximum Gasteiger partial charge on any atom is 0.331 e. The molecule has 6 rings (SSSR count). The molecule has 5 aromatic rings. The Morgan fingerprint density at radius 2 is 0.923 bits per heavy atom. The van der Waals surface area contributed by atoms with Crippen LogP contribution in [0.1, 0.15) is 92.4 Å². The highest BCUT2D eigenvalue weighted by atomic mass is 32.2. The van der Waals surface area contributed by atoms with Gasteiger partial charge in [0.15, 0.2) is 10.3 Å². The summed E-state index contributed by atoms with van der Waals surface area (Å²) in [7, 11) is -8.04. The van der Waals surface area contributed by atoms with E-state index in [1.807, 2.05) is 46.8 Å². The van der Waals surface area contributed by atoms with Crippen LogP contribution >= 0.6 is 23.5 Å². The molecule has 16 nitrogen and oxygen atoms in total. The van der Waals surface area contributed by atoms with Crippen LogP contribution in [0.4, 0.5) is 11.6 Å². The zero-order valence-electron chi connectivity index (χ0n) is 37.8. The minimum Gasteiger partial charge on any atom is -0.370 e. The van der Waals surface area contributed by atoms with Crippen molar-refractivity contribution < 1.29 is 25.9 Å². The van der Waals surface area contributed by atoms with Crippen LogP contribution < -0.4 is 21.9 Å². The Balaban J connectivity index is 0.000000340. The number of rotatable bonds is 2. The summed E-state index contributed by atoms with van der Waals surface area (Å²) in [5.41, 5.74) is 4.16. The molecule has 2 aromatic carbocycles. The van der Waals surface area contributed by atoms with Gasteiger partial charge in [0.2, 0.25) is 0 Å². The van der Waals surface area contributed by atoms with Gasteiger partial charge < -0.3 is 10.6 Å². The highest BCUT2D eigenvalue weighted by Crippen LogP contribution is 2.21. The first kappa shape index (κ1) is 53.0. The van der Waals surface area contributed by atoms with Crippen LogP contribution in [0.15, 0.2) is 96.4 Å². The highest BCUT2D eigenvalue weighted by molar-refractivity contribution is 7.99. The summed E-state index contributed by atoms with van der Waals surface area (Å²) in [5.74, 6) is 3.59. The standard InChI is InChI=1S/C31H46N8O2S2.2C7H8O3S/c1-23-20-26-32-14-8-4-5-9-15-33-27-21-24(2)35-30(37-27)43-19-13-7-11-17-39-28(40)22-25(3)38(31(39)41)16-10-6-12-18-42-29(34-23)36-26;2*1-6-2-4-7(5-3-6)11(8,9)10/h20-22H,4-19H2,1-3H3,(H,32,34,36)(H,33,35,37);2*2-5H,1H3,(H,8,9,10). The van der Waals surface area contributed by atoms with Crippen LogP contribution in [0.5, 0.6) is 0 Å². The molecule has 65 heavy (non-hydrogen) atoms. The maximum atomic E-state index is 13.2. The highest BCUT2D eigenvalue weighted by Gasteiger charge is 2.11. The summed E-state index contributed by atoms with van der Waals surface area (Å²) >= 11 is 3.34. The maximum absolute atomic E-state index is 13.2. The second kappa shape index (κ2) is 26.5. The number of thioether (sulfide) groups is 2. The summed E-state index contributed by atoms with van der Waals surface area (Å²) < 4.78 is 62.3. The molecule has 1 aliphatic heterocycles. The van der Waals surface area contributed by atoms with E-state index in [1.165, 1.54) is 28.8 Å². The van der Waals surface area contributed by atoms with E-state index < -0.39 is 20.2 Å². The molecule has 4 N–H and O–H groups in total. The first-order chi connectivity index (χ1) is 30.9. The average Bonchev–Trinajstić information content (AvgIpc) is 3.23. The molecule has 0 saturated heterocycles. The Hall–Kier alpha value is -4.60. The Kier molecular flexibility index (Phi) is 21.6. The van der Waals surface area contributed by atoms with E-state index in [2.05, 4.69) is 20.6 Å².